The smallest absolute Gasteiger partial charge is 0.244 e. The van der Waals surface area contributed by atoms with Crippen LogP contribution in [0.4, 0.5) is 30.7 Å². The van der Waals surface area contributed by atoms with Crippen LogP contribution in [0, 0.1) is 6.20 Å². The van der Waals surface area contributed by atoms with Crippen LogP contribution in [0.3, 0.4) is 0 Å². The van der Waals surface area contributed by atoms with E-state index in [1.807, 2.05) is 0 Å². The normalized spacial score (nSPS) is 13.9. The molecule has 0 aliphatic rings. The molecule has 1 aromatic heterocycles. The molecule has 0 bridgehead atoms. The van der Waals surface area contributed by atoms with Gasteiger partial charge in [-0.05, 0) is 0 Å². The van der Waals surface area contributed by atoms with E-state index >= 15 is 0 Å². The van der Waals surface area contributed by atoms with Crippen LogP contribution in [0.2, 0.25) is 0 Å². The lowest BCUT2D eigenvalue weighted by Gasteiger charge is -2.29. The molecule has 1 rings (SSSR count). The molecule has 0 unspecified atom stereocenters. The molecule has 0 saturated heterocycles. The van der Waals surface area contributed by atoms with Gasteiger partial charge in [0.1, 0.15) is 6.33 Å². The van der Waals surface area contributed by atoms with E-state index in [2.05, 4.69) is 9.97 Å². The number of aromatic nitrogens is 2. The second-order valence-electron chi connectivity index (χ2n) is 2.70. The molecule has 0 aliphatic carbocycles. The van der Waals surface area contributed by atoms with Gasteiger partial charge in [0.2, 0.25) is 0 Å². The van der Waals surface area contributed by atoms with E-state index in [1.165, 1.54) is 6.20 Å². The Morgan fingerprint density at radius 1 is 0.938 bits per heavy atom. The Balaban J connectivity index is 3.39. The molecule has 2 nitrogen and oxygen atoms in total. The third-order valence-corrected chi connectivity index (χ3v) is 1.67. The van der Waals surface area contributed by atoms with Crippen molar-refractivity contribution < 1.29 is 30.7 Å². The lowest BCUT2D eigenvalue weighted by atomic mass is 9.97. The Labute approximate surface area is 84.1 Å². The summed E-state index contributed by atoms with van der Waals surface area (Å²) in [6.45, 7) is 0. The third-order valence-electron chi connectivity index (χ3n) is 1.67. The molecule has 1 heterocycles. The highest BCUT2D eigenvalue weighted by Crippen LogP contribution is 2.52. The van der Waals surface area contributed by atoms with Gasteiger partial charge in [-0.15, -0.1) is 0 Å². The van der Waals surface area contributed by atoms with Gasteiger partial charge in [0.15, 0.2) is 0 Å². The summed E-state index contributed by atoms with van der Waals surface area (Å²) < 4.78 is 85.9. The molecule has 16 heavy (non-hydrogen) atoms. The monoisotopic (exact) mass is 247 g/mol. The minimum Gasteiger partial charge on any atom is -0.244 e. The molecule has 0 fully saturated rings. The fraction of sp³-hybridized carbons (Fsp3) is 0.429. The van der Waals surface area contributed by atoms with Crippen molar-refractivity contribution in [2.45, 2.75) is 18.0 Å². The highest BCUT2D eigenvalue weighted by Gasteiger charge is 2.74. The molecular formula is C7H2F7N2. The lowest BCUT2D eigenvalue weighted by Crippen LogP contribution is -2.50. The molecule has 0 spiro atoms. The van der Waals surface area contributed by atoms with Crippen LogP contribution in [0.25, 0.3) is 0 Å². The summed E-state index contributed by atoms with van der Waals surface area (Å²) in [7, 11) is 0. The first-order valence-electron chi connectivity index (χ1n) is 3.61. The van der Waals surface area contributed by atoms with Gasteiger partial charge in [-0.25, -0.2) is 14.4 Å². The molecular weight excluding hydrogens is 245 g/mol. The van der Waals surface area contributed by atoms with Gasteiger partial charge in [0, 0.05) is 6.20 Å². The van der Waals surface area contributed by atoms with E-state index in [-0.39, 0.29) is 6.20 Å². The Morgan fingerprint density at radius 3 is 1.75 bits per heavy atom. The summed E-state index contributed by atoms with van der Waals surface area (Å²) in [5.41, 5.74) is -7.34. The van der Waals surface area contributed by atoms with Crippen molar-refractivity contribution in [2.24, 2.45) is 0 Å². The zero-order valence-corrected chi connectivity index (χ0v) is 7.19. The Morgan fingerprint density at radius 2 is 1.44 bits per heavy atom. The molecule has 0 atom stereocenters. The van der Waals surface area contributed by atoms with Crippen molar-refractivity contribution in [1.29, 1.82) is 0 Å². The zero-order valence-electron chi connectivity index (χ0n) is 7.19. The van der Waals surface area contributed by atoms with E-state index in [4.69, 9.17) is 0 Å². The van der Waals surface area contributed by atoms with Gasteiger partial charge in [-0.3, -0.25) is 0 Å². The maximum absolute atomic E-state index is 13.2. The fourth-order valence-corrected chi connectivity index (χ4v) is 0.901. The maximum atomic E-state index is 13.2. The second kappa shape index (κ2) is 3.56. The molecule has 0 amide bonds. The van der Waals surface area contributed by atoms with Crippen molar-refractivity contribution in [2.75, 3.05) is 0 Å². The number of hydrogen-bond donors (Lipinski definition) is 0. The predicted molar refractivity (Wildman–Crippen MR) is 35.8 cm³/mol. The predicted octanol–water partition coefficient (Wildman–Crippen LogP) is 2.57. The van der Waals surface area contributed by atoms with Crippen molar-refractivity contribution in [3.8, 4) is 0 Å². The van der Waals surface area contributed by atoms with Gasteiger partial charge in [-0.2, -0.15) is 26.3 Å². The molecule has 0 N–H and O–H groups in total. The van der Waals surface area contributed by atoms with Crippen LogP contribution < -0.4 is 0 Å². The first kappa shape index (κ1) is 12.7. The molecule has 89 valence electrons. The number of halogens is 7. The molecule has 1 radical (unpaired) electrons. The quantitative estimate of drug-likeness (QED) is 0.713. The summed E-state index contributed by atoms with van der Waals surface area (Å²) >= 11 is 0. The van der Waals surface area contributed by atoms with Crippen LogP contribution >= 0.6 is 0 Å². The SMILES string of the molecule is FC(F)(F)C(F)(c1[c]ncnc1)C(F)(F)F. The van der Waals surface area contributed by atoms with Crippen molar-refractivity contribution >= 4 is 0 Å². The summed E-state index contributed by atoms with van der Waals surface area (Å²) in [4.78, 5) is 5.70. The van der Waals surface area contributed by atoms with Crippen LogP contribution in [0.15, 0.2) is 12.5 Å². The number of rotatable bonds is 1. The third kappa shape index (κ3) is 1.81. The minimum absolute atomic E-state index is 0.0774. The average molecular weight is 247 g/mol. The fourth-order valence-electron chi connectivity index (χ4n) is 0.901. The van der Waals surface area contributed by atoms with E-state index < -0.39 is 23.6 Å². The van der Waals surface area contributed by atoms with Crippen LogP contribution in [0.1, 0.15) is 5.56 Å². The minimum atomic E-state index is -6.16. The summed E-state index contributed by atoms with van der Waals surface area (Å²) in [5.74, 6) is 0. The summed E-state index contributed by atoms with van der Waals surface area (Å²) in [6, 6.07) is 0. The molecule has 0 saturated carbocycles. The Kier molecular flexibility index (Phi) is 2.82. The number of nitrogens with zero attached hydrogens (tertiary/aromatic N) is 2. The van der Waals surface area contributed by atoms with Gasteiger partial charge < -0.3 is 0 Å². The highest BCUT2D eigenvalue weighted by molar-refractivity contribution is 5.19. The van der Waals surface area contributed by atoms with Crippen LogP contribution in [-0.4, -0.2) is 22.3 Å². The standard InChI is InChI=1S/C7H2F7N2/c8-5(6(9,10)11,7(12,13)14)4-1-15-3-16-2-4/h1,3H. The van der Waals surface area contributed by atoms with Crippen LogP contribution in [-0.2, 0) is 5.67 Å². The number of alkyl halides is 7. The molecule has 9 heteroatoms. The Hall–Kier alpha value is -1.41. The first-order valence-corrected chi connectivity index (χ1v) is 3.61. The van der Waals surface area contributed by atoms with E-state index in [9.17, 15) is 30.7 Å². The second-order valence-corrected chi connectivity index (χ2v) is 2.70. The number of hydrogen-bond acceptors (Lipinski definition) is 2. The Bertz CT molecular complexity index is 341. The van der Waals surface area contributed by atoms with Gasteiger partial charge >= 0.3 is 18.0 Å². The first-order chi connectivity index (χ1) is 7.11. The van der Waals surface area contributed by atoms with Crippen LogP contribution in [0.5, 0.6) is 0 Å². The highest BCUT2D eigenvalue weighted by atomic mass is 19.4. The summed E-state index contributed by atoms with van der Waals surface area (Å²) in [5, 5.41) is 0. The molecule has 0 aromatic carbocycles. The average Bonchev–Trinajstić information content (AvgIpc) is 2.14. The largest absolute Gasteiger partial charge is 0.436 e. The lowest BCUT2D eigenvalue weighted by molar-refractivity contribution is -0.349. The van der Waals surface area contributed by atoms with Crippen molar-refractivity contribution in [1.82, 2.24) is 9.97 Å². The van der Waals surface area contributed by atoms with Crippen molar-refractivity contribution in [3.05, 3.63) is 24.3 Å². The van der Waals surface area contributed by atoms with Crippen molar-refractivity contribution in [3.63, 3.8) is 0 Å². The molecule has 0 aliphatic heterocycles. The van der Waals surface area contributed by atoms with E-state index in [0.717, 1.165) is 0 Å². The zero-order chi connectivity index (χ0) is 12.6. The summed E-state index contributed by atoms with van der Waals surface area (Å²) in [6.07, 6.45) is -10.3. The maximum Gasteiger partial charge on any atom is 0.436 e. The van der Waals surface area contributed by atoms with Gasteiger partial charge in [-0.1, -0.05) is 0 Å². The van der Waals surface area contributed by atoms with E-state index in [0.29, 0.717) is 6.33 Å². The molecule has 1 aromatic rings. The van der Waals surface area contributed by atoms with Gasteiger partial charge in [0.05, 0.1) is 11.8 Å². The van der Waals surface area contributed by atoms with E-state index in [1.54, 1.807) is 0 Å². The topological polar surface area (TPSA) is 25.8 Å². The van der Waals surface area contributed by atoms with Gasteiger partial charge in [0.25, 0.3) is 0 Å².